The van der Waals surface area contributed by atoms with Crippen molar-refractivity contribution in [3.05, 3.63) is 57.1 Å². The first kappa shape index (κ1) is 21.3. The van der Waals surface area contributed by atoms with Crippen LogP contribution in [0.15, 0.2) is 41.4 Å². The van der Waals surface area contributed by atoms with Gasteiger partial charge < -0.3 is 14.2 Å². The van der Waals surface area contributed by atoms with Crippen molar-refractivity contribution in [3.8, 4) is 17.4 Å². The molecule has 2 aromatic rings. The zero-order valence-corrected chi connectivity index (χ0v) is 16.9. The van der Waals surface area contributed by atoms with E-state index in [9.17, 15) is 19.7 Å². The summed E-state index contributed by atoms with van der Waals surface area (Å²) in [6, 6.07) is 7.48. The molecule has 11 heteroatoms. The molecule has 0 saturated carbocycles. The Morgan fingerprint density at radius 3 is 2.73 bits per heavy atom. The molecule has 0 N–H and O–H groups in total. The van der Waals surface area contributed by atoms with Crippen LogP contribution < -0.4 is 9.47 Å². The number of imide groups is 1. The summed E-state index contributed by atoms with van der Waals surface area (Å²) < 4.78 is 15.8. The minimum atomic E-state index is -0.594. The zero-order chi connectivity index (χ0) is 21.7. The Morgan fingerprint density at radius 1 is 1.23 bits per heavy atom. The number of hydrogen-bond donors (Lipinski definition) is 0. The Morgan fingerprint density at radius 2 is 2.03 bits per heavy atom. The molecule has 0 atom stereocenters. The zero-order valence-electron chi connectivity index (χ0n) is 16.1. The van der Waals surface area contributed by atoms with Gasteiger partial charge in [0, 0.05) is 19.4 Å². The maximum absolute atomic E-state index is 12.4. The van der Waals surface area contributed by atoms with Crippen LogP contribution in [0.5, 0.6) is 17.4 Å². The van der Waals surface area contributed by atoms with Crippen molar-refractivity contribution in [1.82, 2.24) is 9.88 Å². The van der Waals surface area contributed by atoms with E-state index in [2.05, 4.69) is 4.98 Å². The van der Waals surface area contributed by atoms with E-state index in [4.69, 9.17) is 14.2 Å². The molecule has 156 valence electrons. The first-order valence-electron chi connectivity index (χ1n) is 8.64. The van der Waals surface area contributed by atoms with Gasteiger partial charge >= 0.3 is 5.69 Å². The molecule has 2 amide bonds. The number of thioether (sulfide) groups is 1. The maximum atomic E-state index is 12.4. The fraction of sp³-hybridized carbons (Fsp3) is 0.211. The van der Waals surface area contributed by atoms with Crippen LogP contribution in [0.4, 0.5) is 10.5 Å². The molecule has 0 radical (unpaired) electrons. The van der Waals surface area contributed by atoms with Crippen molar-refractivity contribution in [2.24, 2.45) is 0 Å². The minimum Gasteiger partial charge on any atom is -0.493 e. The number of carbonyl (C=O) groups is 2. The number of methoxy groups -OCH3 is 2. The van der Waals surface area contributed by atoms with E-state index < -0.39 is 10.8 Å². The Labute approximate surface area is 175 Å². The quantitative estimate of drug-likeness (QED) is 0.351. The van der Waals surface area contributed by atoms with Crippen molar-refractivity contribution in [2.45, 2.75) is 0 Å². The highest BCUT2D eigenvalue weighted by Gasteiger charge is 2.34. The number of amides is 2. The van der Waals surface area contributed by atoms with E-state index in [-0.39, 0.29) is 46.4 Å². The second kappa shape index (κ2) is 9.37. The summed E-state index contributed by atoms with van der Waals surface area (Å²) in [5.74, 6) is -0.0785. The summed E-state index contributed by atoms with van der Waals surface area (Å²) >= 11 is 0.838. The molecule has 30 heavy (non-hydrogen) atoms. The van der Waals surface area contributed by atoms with Crippen LogP contribution in [-0.4, -0.2) is 53.3 Å². The van der Waals surface area contributed by atoms with Crippen LogP contribution in [0.1, 0.15) is 5.56 Å². The van der Waals surface area contributed by atoms with Gasteiger partial charge in [-0.3, -0.25) is 24.6 Å². The molecule has 0 spiro atoms. The lowest BCUT2D eigenvalue weighted by molar-refractivity contribution is -0.386. The third-order valence-electron chi connectivity index (χ3n) is 4.03. The first-order valence-corrected chi connectivity index (χ1v) is 9.46. The third-order valence-corrected chi connectivity index (χ3v) is 4.94. The van der Waals surface area contributed by atoms with Crippen LogP contribution in [0, 0.1) is 10.1 Å². The molecule has 1 fully saturated rings. The predicted octanol–water partition coefficient (Wildman–Crippen LogP) is 3.47. The van der Waals surface area contributed by atoms with E-state index in [1.807, 2.05) is 0 Å². The number of aromatic nitrogens is 1. The van der Waals surface area contributed by atoms with Crippen molar-refractivity contribution in [2.75, 3.05) is 27.4 Å². The summed E-state index contributed by atoms with van der Waals surface area (Å²) in [6.07, 6.45) is 2.94. The van der Waals surface area contributed by atoms with Crippen LogP contribution in [-0.2, 0) is 9.53 Å². The van der Waals surface area contributed by atoms with Gasteiger partial charge in [-0.2, -0.15) is 0 Å². The number of ether oxygens (including phenoxy) is 3. The summed E-state index contributed by atoms with van der Waals surface area (Å²) in [5, 5.41) is 10.8. The van der Waals surface area contributed by atoms with E-state index in [0.717, 1.165) is 16.7 Å². The largest absolute Gasteiger partial charge is 0.493 e. The van der Waals surface area contributed by atoms with Crippen LogP contribution in [0.25, 0.3) is 6.08 Å². The topological polar surface area (TPSA) is 121 Å². The molecule has 0 unspecified atom stereocenters. The monoisotopic (exact) mass is 431 g/mol. The number of nitro groups is 1. The highest BCUT2D eigenvalue weighted by Crippen LogP contribution is 2.37. The van der Waals surface area contributed by atoms with Gasteiger partial charge in [0.15, 0.2) is 11.5 Å². The molecule has 10 nitrogen and oxygen atoms in total. The van der Waals surface area contributed by atoms with E-state index >= 15 is 0 Å². The second-order valence-electron chi connectivity index (χ2n) is 5.92. The van der Waals surface area contributed by atoms with Crippen LogP contribution in [0.2, 0.25) is 0 Å². The van der Waals surface area contributed by atoms with Crippen molar-refractivity contribution in [3.63, 3.8) is 0 Å². The van der Waals surface area contributed by atoms with Crippen molar-refractivity contribution in [1.29, 1.82) is 0 Å². The molecule has 1 aliphatic heterocycles. The van der Waals surface area contributed by atoms with Crippen molar-refractivity contribution < 1.29 is 28.7 Å². The number of rotatable bonds is 8. The SMILES string of the molecule is COCCN1C(=O)S/C(=C\c2ccc(Oc3ncccc3[N+](=O)[O-])c(OC)c2)C1=O. The summed E-state index contributed by atoms with van der Waals surface area (Å²) in [6.45, 7) is 0.433. The molecule has 1 saturated heterocycles. The van der Waals surface area contributed by atoms with Gasteiger partial charge in [0.1, 0.15) is 0 Å². The van der Waals surface area contributed by atoms with Crippen LogP contribution >= 0.6 is 11.8 Å². The molecule has 2 heterocycles. The molecular weight excluding hydrogens is 414 g/mol. The minimum absolute atomic E-state index is 0.173. The average Bonchev–Trinajstić information content (AvgIpc) is 3.00. The molecule has 0 bridgehead atoms. The van der Waals surface area contributed by atoms with E-state index in [1.165, 1.54) is 38.6 Å². The molecule has 1 aromatic heterocycles. The molecule has 1 aliphatic rings. The maximum Gasteiger partial charge on any atom is 0.331 e. The molecule has 0 aliphatic carbocycles. The van der Waals surface area contributed by atoms with Gasteiger partial charge in [-0.1, -0.05) is 6.07 Å². The number of carbonyl (C=O) groups excluding carboxylic acids is 2. The number of hydrogen-bond acceptors (Lipinski definition) is 9. The van der Waals surface area contributed by atoms with E-state index in [1.54, 1.807) is 18.2 Å². The third kappa shape index (κ3) is 4.58. The van der Waals surface area contributed by atoms with Gasteiger partial charge in [-0.15, -0.1) is 0 Å². The van der Waals surface area contributed by atoms with E-state index in [0.29, 0.717) is 5.56 Å². The lowest BCUT2D eigenvalue weighted by Crippen LogP contribution is -2.31. The van der Waals surface area contributed by atoms with Crippen molar-refractivity contribution >= 4 is 34.7 Å². The van der Waals surface area contributed by atoms with Gasteiger partial charge in [-0.05, 0) is 41.6 Å². The smallest absolute Gasteiger partial charge is 0.331 e. The normalized spacial score (nSPS) is 15.0. The standard InChI is InChI=1S/C19H17N3O7S/c1-27-9-8-21-18(23)16(30-19(21)24)11-12-5-6-14(15(10-12)28-2)29-17-13(22(25)26)4-3-7-20-17/h3-7,10-11H,8-9H2,1-2H3/b16-11-. The Hall–Kier alpha value is -3.44. The summed E-state index contributed by atoms with van der Waals surface area (Å²) in [4.78, 5) is 40.3. The van der Waals surface area contributed by atoms with Gasteiger partial charge in [0.05, 0.1) is 30.1 Å². The molecular formula is C19H17N3O7S. The lowest BCUT2D eigenvalue weighted by atomic mass is 10.2. The number of nitrogens with zero attached hydrogens (tertiary/aromatic N) is 3. The van der Waals surface area contributed by atoms with Crippen LogP contribution in [0.3, 0.4) is 0 Å². The highest BCUT2D eigenvalue weighted by molar-refractivity contribution is 8.18. The fourth-order valence-electron chi connectivity index (χ4n) is 2.59. The number of pyridine rings is 1. The Bertz CT molecular complexity index is 1020. The summed E-state index contributed by atoms with van der Waals surface area (Å²) in [7, 11) is 2.90. The Kier molecular flexibility index (Phi) is 6.65. The first-order chi connectivity index (χ1) is 14.4. The fourth-order valence-corrected chi connectivity index (χ4v) is 3.45. The average molecular weight is 431 g/mol. The Balaban J connectivity index is 1.85. The summed E-state index contributed by atoms with van der Waals surface area (Å²) in [5.41, 5.74) is 0.306. The highest BCUT2D eigenvalue weighted by atomic mass is 32.2. The van der Waals surface area contributed by atoms with Gasteiger partial charge in [0.2, 0.25) is 0 Å². The predicted molar refractivity (Wildman–Crippen MR) is 109 cm³/mol. The lowest BCUT2D eigenvalue weighted by Gasteiger charge is -2.11. The molecule has 1 aromatic carbocycles. The van der Waals surface area contributed by atoms with Gasteiger partial charge in [-0.25, -0.2) is 4.98 Å². The molecule has 3 rings (SSSR count). The number of benzene rings is 1. The second-order valence-corrected chi connectivity index (χ2v) is 6.92. The van der Waals surface area contributed by atoms with Gasteiger partial charge in [0.25, 0.3) is 17.0 Å².